The normalized spacial score (nSPS) is 9.94. The minimum absolute atomic E-state index is 0.719. The number of halogens is 1. The fourth-order valence-electron chi connectivity index (χ4n) is 1.43. The number of nitrogens with zero attached hydrogens (tertiary/aromatic N) is 2. The summed E-state index contributed by atoms with van der Waals surface area (Å²) in [4.78, 5) is 5.45. The van der Waals surface area contributed by atoms with E-state index < -0.39 is 0 Å². The number of rotatable bonds is 3. The van der Waals surface area contributed by atoms with E-state index in [1.165, 1.54) is 0 Å². The summed E-state index contributed by atoms with van der Waals surface area (Å²) in [5, 5.41) is 13.9. The van der Waals surface area contributed by atoms with Crippen LogP contribution in [0.25, 0.3) is 0 Å². The lowest BCUT2D eigenvalue weighted by Crippen LogP contribution is -2.00. The second-order valence-electron chi connectivity index (χ2n) is 3.53. The van der Waals surface area contributed by atoms with Crippen molar-refractivity contribution in [3.8, 4) is 6.07 Å². The Balaban J connectivity index is 2.05. The van der Waals surface area contributed by atoms with Gasteiger partial charge in [0.15, 0.2) is 0 Å². The Kier molecular flexibility index (Phi) is 3.77. The lowest BCUT2D eigenvalue weighted by Gasteiger charge is -2.07. The van der Waals surface area contributed by atoms with E-state index >= 15 is 0 Å². The summed E-state index contributed by atoms with van der Waals surface area (Å²) in [7, 11) is 0. The number of anilines is 1. The highest BCUT2D eigenvalue weighted by Gasteiger charge is 2.02. The summed E-state index contributed by atoms with van der Waals surface area (Å²) < 4.78 is 0.837. The van der Waals surface area contributed by atoms with E-state index in [1.807, 2.05) is 30.5 Å². The molecule has 0 bridgehead atoms. The predicted molar refractivity (Wildman–Crippen MR) is 73.0 cm³/mol. The second kappa shape index (κ2) is 5.30. The Hall–Kier alpha value is -1.38. The highest BCUT2D eigenvalue weighted by Crippen LogP contribution is 2.19. The van der Waals surface area contributed by atoms with Crippen molar-refractivity contribution in [2.45, 2.75) is 13.5 Å². The first-order chi connectivity index (χ1) is 8.19. The Morgan fingerprint density at radius 1 is 1.53 bits per heavy atom. The van der Waals surface area contributed by atoms with Crippen LogP contribution in [0.2, 0.25) is 0 Å². The van der Waals surface area contributed by atoms with Crippen LogP contribution in [-0.2, 0) is 6.54 Å². The molecule has 0 radical (unpaired) electrons. The molecule has 0 spiro atoms. The summed E-state index contributed by atoms with van der Waals surface area (Å²) in [6.45, 7) is 2.68. The molecule has 0 amide bonds. The van der Waals surface area contributed by atoms with Gasteiger partial charge in [-0.25, -0.2) is 4.98 Å². The molecule has 0 aliphatic rings. The highest BCUT2D eigenvalue weighted by molar-refractivity contribution is 9.10. The molecule has 0 atom stereocenters. The number of aromatic nitrogens is 1. The van der Waals surface area contributed by atoms with Crippen molar-refractivity contribution in [1.29, 1.82) is 5.26 Å². The minimum Gasteiger partial charge on any atom is -0.379 e. The molecule has 5 heteroatoms. The Morgan fingerprint density at radius 3 is 3.00 bits per heavy atom. The van der Waals surface area contributed by atoms with Gasteiger partial charge in [0.1, 0.15) is 10.7 Å². The fraction of sp³-hybridized carbons (Fsp3) is 0.167. The van der Waals surface area contributed by atoms with Crippen LogP contribution in [0.4, 0.5) is 5.69 Å². The van der Waals surface area contributed by atoms with Crippen molar-refractivity contribution in [2.24, 2.45) is 0 Å². The zero-order valence-electron chi connectivity index (χ0n) is 9.20. The highest BCUT2D eigenvalue weighted by atomic mass is 79.9. The molecule has 0 saturated heterocycles. The van der Waals surface area contributed by atoms with Gasteiger partial charge < -0.3 is 5.32 Å². The summed E-state index contributed by atoms with van der Waals surface area (Å²) in [5.74, 6) is 0. The molecule has 1 N–H and O–H groups in total. The third-order valence-electron chi connectivity index (χ3n) is 2.29. The molecule has 0 saturated carbocycles. The van der Waals surface area contributed by atoms with Crippen LogP contribution >= 0.6 is 27.3 Å². The van der Waals surface area contributed by atoms with E-state index in [-0.39, 0.29) is 0 Å². The molecular weight excluding hydrogens is 298 g/mol. The van der Waals surface area contributed by atoms with Crippen LogP contribution in [-0.4, -0.2) is 4.98 Å². The first-order valence-corrected chi connectivity index (χ1v) is 6.71. The van der Waals surface area contributed by atoms with Crippen molar-refractivity contribution in [1.82, 2.24) is 4.98 Å². The monoisotopic (exact) mass is 307 g/mol. The fourth-order valence-corrected chi connectivity index (χ4v) is 2.58. The third kappa shape index (κ3) is 3.05. The first kappa shape index (κ1) is 12.1. The summed E-state index contributed by atoms with van der Waals surface area (Å²) >= 11 is 4.92. The van der Waals surface area contributed by atoms with Gasteiger partial charge in [-0.15, -0.1) is 11.3 Å². The van der Waals surface area contributed by atoms with E-state index in [2.05, 4.69) is 32.3 Å². The average molecular weight is 308 g/mol. The quantitative estimate of drug-likeness (QED) is 0.880. The van der Waals surface area contributed by atoms with E-state index in [1.54, 1.807) is 11.3 Å². The van der Waals surface area contributed by atoms with E-state index in [0.29, 0.717) is 0 Å². The van der Waals surface area contributed by atoms with Crippen molar-refractivity contribution in [3.63, 3.8) is 0 Å². The van der Waals surface area contributed by atoms with Crippen molar-refractivity contribution in [2.75, 3.05) is 5.32 Å². The van der Waals surface area contributed by atoms with Gasteiger partial charge >= 0.3 is 0 Å². The molecule has 2 aromatic rings. The maximum absolute atomic E-state index is 8.73. The number of thiophene rings is 1. The van der Waals surface area contributed by atoms with Gasteiger partial charge in [0.25, 0.3) is 0 Å². The lowest BCUT2D eigenvalue weighted by atomic mass is 10.3. The Morgan fingerprint density at radius 2 is 2.35 bits per heavy atom. The van der Waals surface area contributed by atoms with E-state index in [9.17, 15) is 0 Å². The Labute approximate surface area is 112 Å². The molecule has 2 heterocycles. The smallest absolute Gasteiger partial charge is 0.106 e. The summed E-state index contributed by atoms with van der Waals surface area (Å²) in [5.41, 5.74) is 2.69. The molecule has 17 heavy (non-hydrogen) atoms. The van der Waals surface area contributed by atoms with Gasteiger partial charge in [-0.1, -0.05) is 0 Å². The third-order valence-corrected chi connectivity index (χ3v) is 3.67. The lowest BCUT2D eigenvalue weighted by molar-refractivity contribution is 1.11. The maximum atomic E-state index is 8.73. The molecule has 0 unspecified atom stereocenters. The molecular formula is C12H10BrN3S. The van der Waals surface area contributed by atoms with Crippen molar-refractivity contribution < 1.29 is 0 Å². The molecule has 0 aliphatic heterocycles. The van der Waals surface area contributed by atoms with E-state index in [0.717, 1.165) is 33.0 Å². The number of hydrogen-bond donors (Lipinski definition) is 1. The predicted octanol–water partition coefficient (Wildman–Crippen LogP) is 3.70. The molecule has 86 valence electrons. The van der Waals surface area contributed by atoms with Crippen LogP contribution in [0.1, 0.15) is 16.1 Å². The van der Waals surface area contributed by atoms with Gasteiger partial charge in [-0.05, 0) is 41.1 Å². The van der Waals surface area contributed by atoms with Gasteiger partial charge in [-0.3, -0.25) is 0 Å². The topological polar surface area (TPSA) is 48.7 Å². The zero-order valence-corrected chi connectivity index (χ0v) is 11.6. The average Bonchev–Trinajstić information content (AvgIpc) is 2.76. The molecule has 2 aromatic heterocycles. The Bertz CT molecular complexity index is 571. The second-order valence-corrected chi connectivity index (χ2v) is 5.34. The van der Waals surface area contributed by atoms with Crippen LogP contribution in [0.3, 0.4) is 0 Å². The van der Waals surface area contributed by atoms with Gasteiger partial charge in [0.2, 0.25) is 0 Å². The first-order valence-electron chi connectivity index (χ1n) is 5.03. The number of nitriles is 1. The van der Waals surface area contributed by atoms with Gasteiger partial charge in [0, 0.05) is 16.8 Å². The minimum atomic E-state index is 0.719. The molecule has 3 nitrogen and oxygen atoms in total. The number of hydrogen-bond acceptors (Lipinski definition) is 4. The molecule has 0 fully saturated rings. The maximum Gasteiger partial charge on any atom is 0.106 e. The molecule has 0 aliphatic carbocycles. The van der Waals surface area contributed by atoms with Crippen LogP contribution in [0.15, 0.2) is 28.2 Å². The van der Waals surface area contributed by atoms with Crippen LogP contribution in [0.5, 0.6) is 0 Å². The summed E-state index contributed by atoms with van der Waals surface area (Å²) in [6.07, 6.45) is 0. The largest absolute Gasteiger partial charge is 0.379 e. The van der Waals surface area contributed by atoms with Gasteiger partial charge in [-0.2, -0.15) is 5.26 Å². The zero-order chi connectivity index (χ0) is 12.3. The van der Waals surface area contributed by atoms with Crippen molar-refractivity contribution >= 4 is 33.0 Å². The number of aryl methyl sites for hydroxylation is 1. The number of nitrogens with one attached hydrogen (secondary N) is 1. The number of pyridine rings is 1. The van der Waals surface area contributed by atoms with Crippen LogP contribution < -0.4 is 5.32 Å². The SMILES string of the molecule is Cc1nc(Br)ccc1NCc1cc(C#N)cs1. The van der Waals surface area contributed by atoms with Crippen LogP contribution in [0, 0.1) is 18.3 Å². The van der Waals surface area contributed by atoms with Gasteiger partial charge in [0.05, 0.1) is 16.9 Å². The van der Waals surface area contributed by atoms with Crippen molar-refractivity contribution in [3.05, 3.63) is 44.3 Å². The standard InChI is InChI=1S/C12H10BrN3S/c1-8-11(2-3-12(13)16-8)15-6-10-4-9(5-14)7-17-10/h2-4,7,15H,6H2,1H3. The van der Waals surface area contributed by atoms with E-state index in [4.69, 9.17) is 5.26 Å². The molecule has 0 aromatic carbocycles. The molecule has 2 rings (SSSR count). The summed E-state index contributed by atoms with van der Waals surface area (Å²) in [6, 6.07) is 7.93.